The molecule has 1 unspecified atom stereocenters. The predicted octanol–water partition coefficient (Wildman–Crippen LogP) is 14.8. The highest BCUT2D eigenvalue weighted by Gasteiger charge is 2.25. The SMILES string of the molecule is CC1(c2ccc(-c3nc(-c4ccc(-c5ccccc5)cc4)nc(-c4ccc(-c5nc6ccccc6c6c5c5ccccc5n6-c5ccccc5)c5ccccc45)n3)cc2)C=CC=CC1. The summed E-state index contributed by atoms with van der Waals surface area (Å²) in [6.45, 7) is 2.29. The molecule has 0 radical (unpaired) electrons. The van der Waals surface area contributed by atoms with E-state index < -0.39 is 0 Å². The fourth-order valence-electron chi connectivity index (χ4n) is 9.56. The fourth-order valence-corrected chi connectivity index (χ4v) is 9.56. The first kappa shape index (κ1) is 37.5. The van der Waals surface area contributed by atoms with Crippen LogP contribution >= 0.6 is 0 Å². The van der Waals surface area contributed by atoms with Gasteiger partial charge in [0.2, 0.25) is 0 Å². The Bertz CT molecular complexity index is 3630. The van der Waals surface area contributed by atoms with Crippen LogP contribution in [0.2, 0.25) is 0 Å². The second-order valence-corrected chi connectivity index (χ2v) is 16.8. The van der Waals surface area contributed by atoms with Crippen LogP contribution in [-0.4, -0.2) is 24.5 Å². The van der Waals surface area contributed by atoms with Gasteiger partial charge < -0.3 is 4.57 Å². The maximum Gasteiger partial charge on any atom is 0.164 e. The normalized spacial score (nSPS) is 14.8. The van der Waals surface area contributed by atoms with Crippen molar-refractivity contribution in [2.24, 2.45) is 0 Å². The molecule has 0 amide bonds. The van der Waals surface area contributed by atoms with E-state index in [-0.39, 0.29) is 5.41 Å². The van der Waals surface area contributed by atoms with E-state index in [2.05, 4.69) is 224 Å². The lowest BCUT2D eigenvalue weighted by Crippen LogP contribution is -2.19. The quantitative estimate of drug-likeness (QED) is 0.161. The van der Waals surface area contributed by atoms with Crippen molar-refractivity contribution in [3.05, 3.63) is 224 Å². The summed E-state index contributed by atoms with van der Waals surface area (Å²) in [6.07, 6.45) is 9.74. The summed E-state index contributed by atoms with van der Waals surface area (Å²) in [7, 11) is 0. The summed E-state index contributed by atoms with van der Waals surface area (Å²) in [6, 6.07) is 68.5. The maximum atomic E-state index is 5.50. The predicted molar refractivity (Wildman–Crippen MR) is 264 cm³/mol. The lowest BCUT2D eigenvalue weighted by atomic mass is 9.77. The zero-order valence-electron chi connectivity index (χ0n) is 35.2. The van der Waals surface area contributed by atoms with Gasteiger partial charge in [-0.15, -0.1) is 0 Å². The fraction of sp³-hybridized carbons (Fsp3) is 0.0508. The minimum atomic E-state index is -0.0637. The summed E-state index contributed by atoms with van der Waals surface area (Å²) in [5.74, 6) is 1.86. The van der Waals surface area contributed by atoms with Crippen LogP contribution < -0.4 is 0 Å². The number of fused-ring (bicyclic) bond motifs is 6. The lowest BCUT2D eigenvalue weighted by Gasteiger charge is -2.27. The smallest absolute Gasteiger partial charge is 0.164 e. The second-order valence-electron chi connectivity index (χ2n) is 16.8. The molecule has 0 N–H and O–H groups in total. The molecule has 8 aromatic carbocycles. The van der Waals surface area contributed by atoms with Gasteiger partial charge >= 0.3 is 0 Å². The van der Waals surface area contributed by atoms with Crippen molar-refractivity contribution in [3.8, 4) is 62.2 Å². The highest BCUT2D eigenvalue weighted by atomic mass is 15.0. The van der Waals surface area contributed by atoms with Crippen molar-refractivity contribution in [2.75, 3.05) is 0 Å². The summed E-state index contributed by atoms with van der Waals surface area (Å²) >= 11 is 0. The molecule has 1 aliphatic rings. The monoisotopic (exact) mass is 819 g/mol. The molecule has 0 saturated heterocycles. The summed E-state index contributed by atoms with van der Waals surface area (Å²) in [5, 5.41) is 5.50. The van der Waals surface area contributed by atoms with Gasteiger partial charge in [0.15, 0.2) is 17.5 Å². The molecule has 11 aromatic rings. The van der Waals surface area contributed by atoms with Crippen LogP contribution in [0.4, 0.5) is 0 Å². The molecule has 0 spiro atoms. The third-order valence-corrected chi connectivity index (χ3v) is 12.9. The minimum absolute atomic E-state index is 0.0637. The van der Waals surface area contributed by atoms with Gasteiger partial charge in [-0.1, -0.05) is 195 Å². The Hall–Kier alpha value is -8.28. The zero-order valence-corrected chi connectivity index (χ0v) is 35.2. The van der Waals surface area contributed by atoms with Crippen LogP contribution in [0.25, 0.3) is 106 Å². The molecule has 1 atom stereocenters. The van der Waals surface area contributed by atoms with Gasteiger partial charge in [-0.3, -0.25) is 0 Å². The average Bonchev–Trinajstić information content (AvgIpc) is 3.72. The summed E-state index contributed by atoms with van der Waals surface area (Å²) < 4.78 is 2.39. The van der Waals surface area contributed by atoms with Gasteiger partial charge in [-0.05, 0) is 64.2 Å². The van der Waals surface area contributed by atoms with E-state index in [1.807, 2.05) is 6.07 Å². The van der Waals surface area contributed by atoms with E-state index in [9.17, 15) is 0 Å². The van der Waals surface area contributed by atoms with Crippen molar-refractivity contribution >= 4 is 43.5 Å². The Kier molecular flexibility index (Phi) is 8.94. The number of pyridine rings is 1. The number of benzene rings is 8. The number of hydrogen-bond donors (Lipinski definition) is 0. The number of rotatable bonds is 7. The molecule has 0 bridgehead atoms. The molecule has 5 heteroatoms. The third-order valence-electron chi connectivity index (χ3n) is 12.9. The topological polar surface area (TPSA) is 56.5 Å². The van der Waals surface area contributed by atoms with Crippen molar-refractivity contribution in [1.29, 1.82) is 0 Å². The number of para-hydroxylation sites is 3. The van der Waals surface area contributed by atoms with Crippen LogP contribution in [0.5, 0.6) is 0 Å². The number of aromatic nitrogens is 5. The van der Waals surface area contributed by atoms with E-state index in [1.54, 1.807) is 0 Å². The van der Waals surface area contributed by atoms with E-state index in [4.69, 9.17) is 19.9 Å². The van der Waals surface area contributed by atoms with E-state index in [1.165, 1.54) is 5.56 Å². The Morgan fingerprint density at radius 1 is 0.438 bits per heavy atom. The molecule has 3 heterocycles. The number of allylic oxidation sites excluding steroid dienone is 4. The standard InChI is InChI=1S/C59H41N5/c1-59(37-15-4-16-38-59)43-33-31-42(32-34-43)57-61-56(41-29-27-40(28-30-41)39-17-5-2-6-18-39)62-58(63-57)48-36-35-47(45-21-9-10-22-46(45)48)54-53-50-24-12-14-26-52(50)64(44-19-7-3-8-20-44)55(53)49-23-11-13-25-51(49)60-54/h2-37H,38H2,1H3. The molecule has 1 aliphatic carbocycles. The molecule has 0 saturated carbocycles. The van der Waals surface area contributed by atoms with Crippen LogP contribution in [0.1, 0.15) is 18.9 Å². The zero-order chi connectivity index (χ0) is 42.6. The van der Waals surface area contributed by atoms with E-state index in [0.29, 0.717) is 17.5 Å². The first-order chi connectivity index (χ1) is 31.6. The Morgan fingerprint density at radius 3 is 1.69 bits per heavy atom. The molecular weight excluding hydrogens is 779 g/mol. The first-order valence-electron chi connectivity index (χ1n) is 21.9. The van der Waals surface area contributed by atoms with E-state index >= 15 is 0 Å². The first-order valence-corrected chi connectivity index (χ1v) is 21.9. The highest BCUT2D eigenvalue weighted by Crippen LogP contribution is 2.44. The molecule has 5 nitrogen and oxygen atoms in total. The van der Waals surface area contributed by atoms with Gasteiger partial charge in [-0.25, -0.2) is 19.9 Å². The molecule has 0 fully saturated rings. The Balaban J connectivity index is 1.06. The molecule has 12 rings (SSSR count). The van der Waals surface area contributed by atoms with E-state index in [0.717, 1.165) is 94.7 Å². The van der Waals surface area contributed by atoms with Gasteiger partial charge in [0.05, 0.1) is 22.2 Å². The minimum Gasteiger partial charge on any atom is -0.308 e. The van der Waals surface area contributed by atoms with Crippen LogP contribution in [0.15, 0.2) is 218 Å². The largest absolute Gasteiger partial charge is 0.308 e. The van der Waals surface area contributed by atoms with Crippen molar-refractivity contribution in [2.45, 2.75) is 18.8 Å². The lowest BCUT2D eigenvalue weighted by molar-refractivity contribution is 0.600. The number of hydrogen-bond acceptors (Lipinski definition) is 4. The molecule has 3 aromatic heterocycles. The summed E-state index contributed by atoms with van der Waals surface area (Å²) in [4.78, 5) is 21.2. The maximum absolute atomic E-state index is 5.50. The molecule has 0 aliphatic heterocycles. The van der Waals surface area contributed by atoms with Crippen molar-refractivity contribution in [3.63, 3.8) is 0 Å². The Morgan fingerprint density at radius 2 is 0.984 bits per heavy atom. The van der Waals surface area contributed by atoms with Crippen LogP contribution in [-0.2, 0) is 5.41 Å². The van der Waals surface area contributed by atoms with Gasteiger partial charge in [-0.2, -0.15) is 0 Å². The van der Waals surface area contributed by atoms with Gasteiger partial charge in [0.1, 0.15) is 0 Å². The van der Waals surface area contributed by atoms with Crippen molar-refractivity contribution < 1.29 is 0 Å². The molecular formula is C59H41N5. The van der Waals surface area contributed by atoms with Crippen LogP contribution in [0.3, 0.4) is 0 Å². The summed E-state index contributed by atoms with van der Waals surface area (Å²) in [5.41, 5.74) is 12.6. The second kappa shape index (κ2) is 15.3. The highest BCUT2D eigenvalue weighted by molar-refractivity contribution is 6.24. The van der Waals surface area contributed by atoms with Crippen molar-refractivity contribution in [1.82, 2.24) is 24.5 Å². The van der Waals surface area contributed by atoms with Crippen LogP contribution in [0, 0.1) is 0 Å². The molecule has 64 heavy (non-hydrogen) atoms. The van der Waals surface area contributed by atoms with Gasteiger partial charge in [0.25, 0.3) is 0 Å². The number of nitrogens with zero attached hydrogens (tertiary/aromatic N) is 5. The Labute approximate surface area is 371 Å². The van der Waals surface area contributed by atoms with Gasteiger partial charge in [0, 0.05) is 49.5 Å². The average molecular weight is 820 g/mol. The molecule has 302 valence electrons. The third kappa shape index (κ3) is 6.32.